The molecule has 0 aliphatic heterocycles. The topological polar surface area (TPSA) is 43.6 Å². The van der Waals surface area contributed by atoms with Gasteiger partial charge >= 0.3 is 0 Å². The van der Waals surface area contributed by atoms with Crippen LogP contribution in [0.25, 0.3) is 11.4 Å². The monoisotopic (exact) mass is 202 g/mol. The standard InChI is InChI=1S/C11H14N4/c1-8(2)15-9(3)13-6-11(15)10-4-5-12-7-14-10/h4-8H,1-3H3. The van der Waals surface area contributed by atoms with Gasteiger partial charge < -0.3 is 4.57 Å². The van der Waals surface area contributed by atoms with Crippen LogP contribution in [0.3, 0.4) is 0 Å². The number of rotatable bonds is 2. The molecular formula is C11H14N4. The minimum atomic E-state index is 0.387. The molecule has 0 fully saturated rings. The summed E-state index contributed by atoms with van der Waals surface area (Å²) >= 11 is 0. The van der Waals surface area contributed by atoms with E-state index < -0.39 is 0 Å². The van der Waals surface area contributed by atoms with Gasteiger partial charge in [-0.3, -0.25) is 0 Å². The second-order valence-corrected chi connectivity index (χ2v) is 3.75. The van der Waals surface area contributed by atoms with Crippen LogP contribution in [0.4, 0.5) is 0 Å². The maximum Gasteiger partial charge on any atom is 0.116 e. The minimum Gasteiger partial charge on any atom is -0.324 e. The average Bonchev–Trinajstić information content (AvgIpc) is 2.61. The molecule has 2 aromatic rings. The largest absolute Gasteiger partial charge is 0.324 e. The zero-order valence-electron chi connectivity index (χ0n) is 9.18. The number of aromatic nitrogens is 4. The predicted octanol–water partition coefficient (Wildman–Crippen LogP) is 2.23. The molecule has 4 heteroatoms. The van der Waals surface area contributed by atoms with Gasteiger partial charge in [-0.25, -0.2) is 15.0 Å². The first-order valence-corrected chi connectivity index (χ1v) is 5.00. The lowest BCUT2D eigenvalue weighted by molar-refractivity contribution is 0.587. The van der Waals surface area contributed by atoms with Gasteiger partial charge in [-0.05, 0) is 26.8 Å². The Morgan fingerprint density at radius 1 is 1.27 bits per heavy atom. The SMILES string of the molecule is Cc1ncc(-c2ccncn2)n1C(C)C. The van der Waals surface area contributed by atoms with E-state index in [0.717, 1.165) is 17.2 Å². The zero-order valence-corrected chi connectivity index (χ0v) is 9.18. The minimum absolute atomic E-state index is 0.387. The lowest BCUT2D eigenvalue weighted by Gasteiger charge is -2.13. The normalized spacial score (nSPS) is 10.9. The van der Waals surface area contributed by atoms with Crippen molar-refractivity contribution >= 4 is 0 Å². The number of imidazole rings is 1. The quantitative estimate of drug-likeness (QED) is 0.750. The van der Waals surface area contributed by atoms with E-state index >= 15 is 0 Å². The average molecular weight is 202 g/mol. The molecule has 0 aliphatic rings. The summed E-state index contributed by atoms with van der Waals surface area (Å²) in [7, 11) is 0. The van der Waals surface area contributed by atoms with Gasteiger partial charge in [0.1, 0.15) is 12.2 Å². The Morgan fingerprint density at radius 2 is 2.07 bits per heavy atom. The maximum atomic E-state index is 4.32. The fourth-order valence-electron chi connectivity index (χ4n) is 1.74. The summed E-state index contributed by atoms with van der Waals surface area (Å²) in [5.74, 6) is 1.01. The molecule has 2 aromatic heterocycles. The third kappa shape index (κ3) is 1.75. The highest BCUT2D eigenvalue weighted by Crippen LogP contribution is 2.21. The van der Waals surface area contributed by atoms with Crippen molar-refractivity contribution in [3.05, 3.63) is 30.6 Å². The summed E-state index contributed by atoms with van der Waals surface area (Å²) in [5, 5.41) is 0. The Labute approximate surface area is 89.0 Å². The molecule has 0 amide bonds. The van der Waals surface area contributed by atoms with Crippen LogP contribution in [0.1, 0.15) is 25.7 Å². The van der Waals surface area contributed by atoms with E-state index in [0.29, 0.717) is 6.04 Å². The van der Waals surface area contributed by atoms with Crippen molar-refractivity contribution in [2.75, 3.05) is 0 Å². The number of hydrogen-bond donors (Lipinski definition) is 0. The van der Waals surface area contributed by atoms with Gasteiger partial charge in [0, 0.05) is 12.2 Å². The predicted molar refractivity (Wildman–Crippen MR) is 58.4 cm³/mol. The van der Waals surface area contributed by atoms with Crippen molar-refractivity contribution in [2.45, 2.75) is 26.8 Å². The van der Waals surface area contributed by atoms with Gasteiger partial charge in [0.2, 0.25) is 0 Å². The van der Waals surface area contributed by atoms with Crippen molar-refractivity contribution in [3.63, 3.8) is 0 Å². The van der Waals surface area contributed by atoms with Crippen LogP contribution < -0.4 is 0 Å². The van der Waals surface area contributed by atoms with Gasteiger partial charge in [-0.1, -0.05) is 0 Å². The summed E-state index contributed by atoms with van der Waals surface area (Å²) in [6, 6.07) is 2.28. The second-order valence-electron chi connectivity index (χ2n) is 3.75. The maximum absolute atomic E-state index is 4.32. The Bertz CT molecular complexity index is 445. The van der Waals surface area contributed by atoms with Gasteiger partial charge in [-0.2, -0.15) is 0 Å². The lowest BCUT2D eigenvalue weighted by atomic mass is 10.3. The molecule has 0 unspecified atom stereocenters. The molecule has 15 heavy (non-hydrogen) atoms. The molecule has 0 N–H and O–H groups in total. The molecule has 0 spiro atoms. The molecule has 0 radical (unpaired) electrons. The van der Waals surface area contributed by atoms with Crippen molar-refractivity contribution < 1.29 is 0 Å². The van der Waals surface area contributed by atoms with Crippen molar-refractivity contribution in [2.24, 2.45) is 0 Å². The molecule has 0 saturated heterocycles. The van der Waals surface area contributed by atoms with Crippen molar-refractivity contribution in [1.29, 1.82) is 0 Å². The molecule has 0 bridgehead atoms. The van der Waals surface area contributed by atoms with E-state index in [1.807, 2.05) is 19.2 Å². The molecule has 0 aliphatic carbocycles. The van der Waals surface area contributed by atoms with Crippen LogP contribution in [0.5, 0.6) is 0 Å². The van der Waals surface area contributed by atoms with E-state index in [1.54, 1.807) is 12.5 Å². The first kappa shape index (κ1) is 9.83. The van der Waals surface area contributed by atoms with Crippen LogP contribution in [0, 0.1) is 6.92 Å². The summed E-state index contributed by atoms with van der Waals surface area (Å²) in [6.45, 7) is 6.28. The van der Waals surface area contributed by atoms with Crippen LogP contribution in [0.15, 0.2) is 24.8 Å². The Balaban J connectivity index is 2.54. The van der Waals surface area contributed by atoms with Gasteiger partial charge in [0.05, 0.1) is 17.6 Å². The van der Waals surface area contributed by atoms with Crippen LogP contribution in [-0.2, 0) is 0 Å². The van der Waals surface area contributed by atoms with Gasteiger partial charge in [-0.15, -0.1) is 0 Å². The van der Waals surface area contributed by atoms with Gasteiger partial charge in [0.15, 0.2) is 0 Å². The van der Waals surface area contributed by atoms with Crippen LogP contribution in [0.2, 0.25) is 0 Å². The van der Waals surface area contributed by atoms with E-state index in [-0.39, 0.29) is 0 Å². The smallest absolute Gasteiger partial charge is 0.116 e. The van der Waals surface area contributed by atoms with Gasteiger partial charge in [0.25, 0.3) is 0 Å². The molecule has 2 heterocycles. The Morgan fingerprint density at radius 3 is 2.67 bits per heavy atom. The van der Waals surface area contributed by atoms with E-state index in [9.17, 15) is 0 Å². The highest BCUT2D eigenvalue weighted by atomic mass is 15.1. The van der Waals surface area contributed by atoms with E-state index in [1.165, 1.54) is 0 Å². The van der Waals surface area contributed by atoms with Crippen molar-refractivity contribution in [1.82, 2.24) is 19.5 Å². The molecule has 2 rings (SSSR count). The molecule has 0 atom stereocenters. The third-order valence-electron chi connectivity index (χ3n) is 2.34. The summed E-state index contributed by atoms with van der Waals surface area (Å²) in [4.78, 5) is 12.5. The molecule has 0 aromatic carbocycles. The summed E-state index contributed by atoms with van der Waals surface area (Å²) < 4.78 is 2.17. The summed E-state index contributed by atoms with van der Waals surface area (Å²) in [6.07, 6.45) is 5.16. The number of nitrogens with zero attached hydrogens (tertiary/aromatic N) is 4. The Kier molecular flexibility index (Phi) is 2.49. The molecule has 78 valence electrons. The highest BCUT2D eigenvalue weighted by Gasteiger charge is 2.11. The fraction of sp³-hybridized carbons (Fsp3) is 0.364. The Hall–Kier alpha value is -1.71. The first-order chi connectivity index (χ1) is 7.20. The van der Waals surface area contributed by atoms with Crippen LogP contribution >= 0.6 is 0 Å². The second kappa shape index (κ2) is 3.81. The lowest BCUT2D eigenvalue weighted by Crippen LogP contribution is -2.05. The van der Waals surface area contributed by atoms with Crippen molar-refractivity contribution in [3.8, 4) is 11.4 Å². The van der Waals surface area contributed by atoms with E-state index in [2.05, 4.69) is 33.4 Å². The summed E-state index contributed by atoms with van der Waals surface area (Å²) in [5.41, 5.74) is 1.96. The van der Waals surface area contributed by atoms with Crippen LogP contribution in [-0.4, -0.2) is 19.5 Å². The third-order valence-corrected chi connectivity index (χ3v) is 2.34. The molecular weight excluding hydrogens is 188 g/mol. The first-order valence-electron chi connectivity index (χ1n) is 5.00. The fourth-order valence-corrected chi connectivity index (χ4v) is 1.74. The number of aryl methyl sites for hydroxylation is 1. The molecule has 0 saturated carbocycles. The number of hydrogen-bond acceptors (Lipinski definition) is 3. The zero-order chi connectivity index (χ0) is 10.8. The highest BCUT2D eigenvalue weighted by molar-refractivity contribution is 5.53. The van der Waals surface area contributed by atoms with E-state index in [4.69, 9.17) is 0 Å². The molecule has 4 nitrogen and oxygen atoms in total.